The number of likely N-dealkylation sites (tertiary alicyclic amines) is 2. The number of rotatable bonds is 0. The lowest BCUT2D eigenvalue weighted by molar-refractivity contribution is -0.186. The van der Waals surface area contributed by atoms with Gasteiger partial charge in [0.15, 0.2) is 0 Å². The lowest BCUT2D eigenvalue weighted by Crippen LogP contribution is -2.50. The molecular formula is C20H16F6N2O2. The second kappa shape index (κ2) is 3.49. The van der Waals surface area contributed by atoms with Gasteiger partial charge in [0.05, 0.1) is 0 Å². The van der Waals surface area contributed by atoms with Crippen molar-refractivity contribution >= 4 is 11.8 Å². The van der Waals surface area contributed by atoms with Crippen molar-refractivity contribution in [1.82, 2.24) is 9.80 Å². The number of carbonyl (C=O) groups is 2. The van der Waals surface area contributed by atoms with Gasteiger partial charge in [-0.2, -0.15) is 26.3 Å². The molecule has 2 saturated heterocycles. The molecule has 2 heterocycles. The Kier molecular flexibility index (Phi) is 1.88. The van der Waals surface area contributed by atoms with Crippen molar-refractivity contribution < 1.29 is 35.9 Å². The van der Waals surface area contributed by atoms with E-state index in [-0.39, 0.29) is 95.2 Å². The largest absolute Gasteiger partial charge is 0.471 e. The first-order valence-electron chi connectivity index (χ1n) is 10.6. The van der Waals surface area contributed by atoms with Gasteiger partial charge in [-0.05, 0) is 47.3 Å². The normalized spacial score (nSPS) is 65.1. The number of hydrogen-bond acceptors (Lipinski definition) is 2. The third-order valence-corrected chi connectivity index (χ3v) is 12.2. The fraction of sp³-hybridized carbons (Fsp3) is 0.900. The van der Waals surface area contributed by atoms with Crippen molar-refractivity contribution in [1.29, 1.82) is 0 Å². The Morgan fingerprint density at radius 1 is 0.533 bits per heavy atom. The Hall–Kier alpha value is -1.48. The third-order valence-electron chi connectivity index (χ3n) is 12.2. The van der Waals surface area contributed by atoms with Crippen LogP contribution in [0.15, 0.2) is 0 Å². The minimum Gasteiger partial charge on any atom is -0.334 e. The van der Waals surface area contributed by atoms with Gasteiger partial charge in [0.1, 0.15) is 0 Å². The number of halogens is 6. The molecule has 160 valence electrons. The molecule has 0 atom stereocenters. The molecule has 0 aromatic rings. The van der Waals surface area contributed by atoms with Gasteiger partial charge < -0.3 is 9.80 Å². The van der Waals surface area contributed by atoms with Gasteiger partial charge in [-0.1, -0.05) is 0 Å². The van der Waals surface area contributed by atoms with Crippen LogP contribution in [-0.4, -0.2) is 60.1 Å². The maximum absolute atomic E-state index is 13.1. The average Bonchev–Trinajstić information content (AvgIpc) is 2.94. The van der Waals surface area contributed by atoms with Gasteiger partial charge in [-0.3, -0.25) is 9.59 Å². The zero-order valence-electron chi connectivity index (χ0n) is 15.4. The Morgan fingerprint density at radius 3 is 0.900 bits per heavy atom. The van der Waals surface area contributed by atoms with Gasteiger partial charge in [-0.25, -0.2) is 0 Å². The van der Waals surface area contributed by atoms with Crippen molar-refractivity contribution in [2.75, 3.05) is 26.2 Å². The maximum Gasteiger partial charge on any atom is 0.471 e. The SMILES string of the molecule is O=C(N1CC23[C@H]4[C@H]5[C@H]6[C@@H]2[C@H]2[C@@H]7[C@H]([C@@H]4C24CN(C(=O)C(F)(F)F)CC564)C73C1)C(F)(F)F. The van der Waals surface area contributed by atoms with Gasteiger partial charge in [0.2, 0.25) is 0 Å². The van der Waals surface area contributed by atoms with Crippen molar-refractivity contribution in [3.8, 4) is 0 Å². The standard InChI is InChI=1S/C20H16F6N2O2/c21-19(22,23)13(29)27-1-15-5-6(15)10-12-8-7-11(17(12,15)3-27)9(5)18(10)4-28(2-16(7,8)18)14(30)20(24,25)26/h5-12H,1-4H2/t5-,6+,7-,8+,9+,10-,11+,12-,15?,16?,17?,18?. The zero-order valence-corrected chi connectivity index (χ0v) is 15.4. The van der Waals surface area contributed by atoms with Crippen LogP contribution in [0.1, 0.15) is 0 Å². The highest BCUT2D eigenvalue weighted by atomic mass is 19.4. The summed E-state index contributed by atoms with van der Waals surface area (Å²) in [5.74, 6) is -1.45. The van der Waals surface area contributed by atoms with E-state index < -0.39 is 24.2 Å². The van der Waals surface area contributed by atoms with E-state index in [2.05, 4.69) is 0 Å². The average molecular weight is 430 g/mol. The minimum atomic E-state index is -4.86. The Balaban J connectivity index is 1.14. The first-order valence-corrected chi connectivity index (χ1v) is 10.6. The zero-order chi connectivity index (χ0) is 20.8. The van der Waals surface area contributed by atoms with E-state index in [1.54, 1.807) is 0 Å². The maximum atomic E-state index is 13.1. The van der Waals surface area contributed by atoms with Gasteiger partial charge in [0, 0.05) is 47.8 Å². The Morgan fingerprint density at radius 2 is 0.733 bits per heavy atom. The molecule has 0 unspecified atom stereocenters. The summed E-state index contributed by atoms with van der Waals surface area (Å²) in [4.78, 5) is 26.1. The van der Waals surface area contributed by atoms with Crippen molar-refractivity contribution in [2.24, 2.45) is 69.0 Å². The smallest absolute Gasteiger partial charge is 0.334 e. The van der Waals surface area contributed by atoms with E-state index in [1.165, 1.54) is 0 Å². The van der Waals surface area contributed by atoms with E-state index in [9.17, 15) is 35.9 Å². The quantitative estimate of drug-likeness (QED) is 0.550. The molecule has 4 nitrogen and oxygen atoms in total. The van der Waals surface area contributed by atoms with Crippen LogP contribution in [0, 0.1) is 69.0 Å². The molecular weight excluding hydrogens is 414 g/mol. The summed E-state index contributed by atoms with van der Waals surface area (Å²) in [6.07, 6.45) is -9.73. The molecule has 30 heavy (non-hydrogen) atoms. The molecule has 2 aliphatic heterocycles. The molecule has 10 rings (SSSR count). The first-order chi connectivity index (χ1) is 13.9. The van der Waals surface area contributed by atoms with Crippen LogP contribution in [0.5, 0.6) is 0 Å². The summed E-state index contributed by atoms with van der Waals surface area (Å²) in [6.45, 7) is 0.721. The predicted molar refractivity (Wildman–Crippen MR) is 82.9 cm³/mol. The van der Waals surface area contributed by atoms with Crippen LogP contribution in [0.2, 0.25) is 0 Å². The van der Waals surface area contributed by atoms with E-state index in [1.807, 2.05) is 0 Å². The number of amides is 2. The Labute approximate surface area is 165 Å². The summed E-state index contributed by atoms with van der Waals surface area (Å²) >= 11 is 0. The van der Waals surface area contributed by atoms with Crippen LogP contribution in [0.25, 0.3) is 0 Å². The van der Waals surface area contributed by atoms with Crippen molar-refractivity contribution in [3.05, 3.63) is 0 Å². The predicted octanol–water partition coefficient (Wildman–Crippen LogP) is 1.77. The molecule has 8 aliphatic carbocycles. The molecule has 10 heteroatoms. The van der Waals surface area contributed by atoms with Gasteiger partial charge >= 0.3 is 24.2 Å². The molecule has 0 radical (unpaired) electrons. The molecule has 0 aromatic carbocycles. The van der Waals surface area contributed by atoms with Crippen LogP contribution in [0.4, 0.5) is 26.3 Å². The topological polar surface area (TPSA) is 40.6 Å². The molecule has 0 N–H and O–H groups in total. The lowest BCUT2D eigenvalue weighted by Gasteiger charge is -2.45. The fourth-order valence-electron chi connectivity index (χ4n) is 13.0. The highest BCUT2D eigenvalue weighted by Gasteiger charge is 3.15. The van der Waals surface area contributed by atoms with E-state index in [0.29, 0.717) is 0 Å². The molecule has 8 saturated carbocycles. The number of hydrogen-bond donors (Lipinski definition) is 0. The van der Waals surface area contributed by atoms with Gasteiger partial charge in [0.25, 0.3) is 0 Å². The highest BCUT2D eigenvalue weighted by molar-refractivity contribution is 5.84. The summed E-state index contributed by atoms with van der Waals surface area (Å²) in [6, 6.07) is 0. The van der Waals surface area contributed by atoms with Crippen molar-refractivity contribution in [2.45, 2.75) is 12.4 Å². The summed E-state index contributed by atoms with van der Waals surface area (Å²) in [5, 5.41) is 0. The first kappa shape index (κ1) is 16.2. The second-order valence-electron chi connectivity index (χ2n) is 11.7. The van der Waals surface area contributed by atoms with Crippen LogP contribution < -0.4 is 0 Å². The molecule has 10 fully saturated rings. The van der Waals surface area contributed by atoms with Crippen molar-refractivity contribution in [3.63, 3.8) is 0 Å². The minimum absolute atomic E-state index is 0.175. The highest BCUT2D eigenvalue weighted by Crippen LogP contribution is 3.15. The fourth-order valence-corrected chi connectivity index (χ4v) is 13.0. The molecule has 0 aromatic heterocycles. The molecule has 10 aliphatic rings. The van der Waals surface area contributed by atoms with E-state index >= 15 is 0 Å². The summed E-state index contributed by atoms with van der Waals surface area (Å²) in [7, 11) is 0. The molecule has 2 amide bonds. The van der Waals surface area contributed by atoms with Crippen LogP contribution in [0.3, 0.4) is 0 Å². The lowest BCUT2D eigenvalue weighted by atomic mass is 9.60. The second-order valence-corrected chi connectivity index (χ2v) is 11.7. The molecule has 4 spiro atoms. The third kappa shape index (κ3) is 0.983. The van der Waals surface area contributed by atoms with Crippen LogP contribution >= 0.6 is 0 Å². The molecule has 0 bridgehead atoms. The van der Waals surface area contributed by atoms with E-state index in [0.717, 1.165) is 9.80 Å². The number of alkyl halides is 6. The van der Waals surface area contributed by atoms with E-state index in [4.69, 9.17) is 0 Å². The number of carbonyl (C=O) groups excluding carboxylic acids is 2. The van der Waals surface area contributed by atoms with Crippen LogP contribution in [-0.2, 0) is 9.59 Å². The van der Waals surface area contributed by atoms with Gasteiger partial charge in [-0.15, -0.1) is 0 Å². The monoisotopic (exact) mass is 430 g/mol. The number of nitrogens with zero attached hydrogens (tertiary/aromatic N) is 2. The summed E-state index contributed by atoms with van der Waals surface area (Å²) in [5.41, 5.74) is -0.892. The summed E-state index contributed by atoms with van der Waals surface area (Å²) < 4.78 is 78.7. The Bertz CT molecular complexity index is 935.